The fourth-order valence-corrected chi connectivity index (χ4v) is 5.94. The van der Waals surface area contributed by atoms with Gasteiger partial charge in [-0.1, -0.05) is 43.7 Å². The smallest absolute Gasteiger partial charge is 0.271 e. The maximum atomic E-state index is 15.6. The van der Waals surface area contributed by atoms with E-state index in [0.717, 1.165) is 22.8 Å². The number of nitrogens with zero attached hydrogens (tertiary/aromatic N) is 5. The average Bonchev–Trinajstić information content (AvgIpc) is 3.51. The third-order valence-electron chi connectivity index (χ3n) is 8.29. The molecule has 2 heterocycles. The van der Waals surface area contributed by atoms with Crippen LogP contribution in [0.2, 0.25) is 0 Å². The largest absolute Gasteiger partial charge is 0.368 e. The Kier molecular flexibility index (Phi) is 9.34. The maximum Gasteiger partial charge on any atom is 0.271 e. The van der Waals surface area contributed by atoms with Crippen LogP contribution < -0.4 is 5.56 Å². The molecule has 2 aromatic carbocycles. The van der Waals surface area contributed by atoms with Crippen molar-refractivity contribution < 1.29 is 18.8 Å². The fourth-order valence-electron chi connectivity index (χ4n) is 5.94. The molecule has 10 heteroatoms. The van der Waals surface area contributed by atoms with Gasteiger partial charge in [-0.25, -0.2) is 14.0 Å². The van der Waals surface area contributed by atoms with Crippen molar-refractivity contribution in [3.63, 3.8) is 0 Å². The molecule has 0 unspecified atom stereocenters. The number of hydrogen-bond acceptors (Lipinski definition) is 6. The van der Waals surface area contributed by atoms with Crippen LogP contribution in [-0.4, -0.2) is 52.0 Å². The molecule has 1 saturated carbocycles. The summed E-state index contributed by atoms with van der Waals surface area (Å²) in [6, 6.07) is 16.0. The van der Waals surface area contributed by atoms with E-state index in [1.807, 2.05) is 28.1 Å². The highest BCUT2D eigenvalue weighted by Gasteiger charge is 2.28. The summed E-state index contributed by atoms with van der Waals surface area (Å²) in [5.41, 5.74) is 4.08. The highest BCUT2D eigenvalue weighted by molar-refractivity contribution is 5.76. The number of hydroxylamine groups is 2. The molecule has 1 fully saturated rings. The van der Waals surface area contributed by atoms with Gasteiger partial charge in [-0.3, -0.25) is 19.0 Å². The Morgan fingerprint density at radius 1 is 1.16 bits per heavy atom. The van der Waals surface area contributed by atoms with E-state index in [9.17, 15) is 14.9 Å². The van der Waals surface area contributed by atoms with E-state index in [1.165, 1.54) is 13.2 Å². The van der Waals surface area contributed by atoms with Gasteiger partial charge in [-0.2, -0.15) is 10.4 Å². The molecule has 2 aromatic heterocycles. The van der Waals surface area contributed by atoms with Crippen LogP contribution in [0, 0.1) is 17.1 Å². The van der Waals surface area contributed by atoms with E-state index in [2.05, 4.69) is 11.2 Å². The van der Waals surface area contributed by atoms with Crippen molar-refractivity contribution >= 4 is 11.6 Å². The van der Waals surface area contributed by atoms with Gasteiger partial charge in [0, 0.05) is 31.1 Å². The fraction of sp³-hybridized carbons (Fsp3) is 0.394. The van der Waals surface area contributed by atoms with Crippen LogP contribution in [-0.2, 0) is 27.2 Å². The molecule has 4 aromatic rings. The lowest BCUT2D eigenvalue weighted by atomic mass is 9.92. The Morgan fingerprint density at radius 2 is 1.93 bits per heavy atom. The molecule has 0 saturated heterocycles. The number of fused-ring (bicyclic) bond motifs is 1. The summed E-state index contributed by atoms with van der Waals surface area (Å²) in [7, 11) is 2.97. The van der Waals surface area contributed by atoms with Gasteiger partial charge in [0.15, 0.2) is 0 Å². The number of aryl methyl sites for hydroxylation is 1. The molecule has 224 valence electrons. The van der Waals surface area contributed by atoms with Crippen molar-refractivity contribution in [2.45, 2.75) is 64.0 Å². The lowest BCUT2D eigenvalue weighted by Crippen LogP contribution is -2.36. The van der Waals surface area contributed by atoms with Crippen molar-refractivity contribution in [2.75, 3.05) is 20.8 Å². The van der Waals surface area contributed by atoms with Crippen LogP contribution in [0.5, 0.6) is 0 Å². The Bertz CT molecular complexity index is 1710. The first-order valence-corrected chi connectivity index (χ1v) is 14.7. The molecule has 1 amide bonds. The van der Waals surface area contributed by atoms with Gasteiger partial charge in [-0.15, -0.1) is 0 Å². The Balaban J connectivity index is 1.44. The zero-order chi connectivity index (χ0) is 30.5. The van der Waals surface area contributed by atoms with Gasteiger partial charge in [-0.05, 0) is 60.9 Å². The van der Waals surface area contributed by atoms with Crippen LogP contribution in [0.15, 0.2) is 59.5 Å². The van der Waals surface area contributed by atoms with Gasteiger partial charge in [0.25, 0.3) is 11.5 Å². The minimum absolute atomic E-state index is 0.0607. The summed E-state index contributed by atoms with van der Waals surface area (Å²) < 4.78 is 25.1. The molecular weight excluding hydrogens is 549 g/mol. The lowest BCUT2D eigenvalue weighted by Gasteiger charge is -2.31. The van der Waals surface area contributed by atoms with Gasteiger partial charge < -0.3 is 4.74 Å². The number of carbonyl (C=O) groups is 1. The van der Waals surface area contributed by atoms with Crippen LogP contribution in [0.25, 0.3) is 16.8 Å². The SMILES string of the molecule is CCCc1c(Cc2ccc(-c3ccccc3C#N)cc2F)c(=O)n([C@H]2CC[C@H](OCC(=O)N(C)OC)CC2)c2ccnn12. The molecule has 1 aliphatic rings. The quantitative estimate of drug-likeness (QED) is 0.236. The third kappa shape index (κ3) is 6.24. The first-order chi connectivity index (χ1) is 20.9. The number of nitriles is 1. The number of benzene rings is 2. The highest BCUT2D eigenvalue weighted by Crippen LogP contribution is 2.32. The number of halogens is 1. The van der Waals surface area contributed by atoms with Gasteiger partial charge in [0.05, 0.1) is 36.7 Å². The zero-order valence-electron chi connectivity index (χ0n) is 24.8. The second-order valence-electron chi connectivity index (χ2n) is 10.9. The normalized spacial score (nSPS) is 16.7. The van der Waals surface area contributed by atoms with E-state index in [1.54, 1.807) is 43.6 Å². The number of carbonyl (C=O) groups excluding carboxylic acids is 1. The van der Waals surface area contributed by atoms with E-state index in [4.69, 9.17) is 9.57 Å². The standard InChI is InChI=1S/C33H36FN5O4/c1-4-7-30-28(18-23-11-10-22(19-29(23)34)27-9-6-5-8-24(27)20-35)33(41)38(31-16-17-36-39(30)31)25-12-14-26(15-13-25)43-21-32(40)37(2)42-3/h5-6,8-11,16-17,19,25-26H,4,7,12-15,18,21H2,1-3H3/t25-,26-. The van der Waals surface area contributed by atoms with Crippen molar-refractivity contribution in [3.05, 3.63) is 93.3 Å². The van der Waals surface area contributed by atoms with Crippen molar-refractivity contribution in [1.82, 2.24) is 19.2 Å². The molecule has 1 aliphatic carbocycles. The van der Waals surface area contributed by atoms with Gasteiger partial charge in [0.1, 0.15) is 18.1 Å². The van der Waals surface area contributed by atoms with Crippen molar-refractivity contribution in [3.8, 4) is 17.2 Å². The molecule has 0 bridgehead atoms. The Labute approximate surface area is 250 Å². The van der Waals surface area contributed by atoms with Crippen LogP contribution in [0.3, 0.4) is 0 Å². The summed E-state index contributed by atoms with van der Waals surface area (Å²) >= 11 is 0. The topological polar surface area (TPSA) is 102 Å². The minimum Gasteiger partial charge on any atom is -0.368 e. The number of rotatable bonds is 10. The van der Waals surface area contributed by atoms with E-state index >= 15 is 4.39 Å². The van der Waals surface area contributed by atoms with Gasteiger partial charge >= 0.3 is 0 Å². The predicted octanol–water partition coefficient (Wildman–Crippen LogP) is 5.24. The highest BCUT2D eigenvalue weighted by atomic mass is 19.1. The maximum absolute atomic E-state index is 15.6. The molecule has 0 aliphatic heterocycles. The summed E-state index contributed by atoms with van der Waals surface area (Å²) in [6.45, 7) is 1.98. The van der Waals surface area contributed by atoms with Crippen molar-refractivity contribution in [2.24, 2.45) is 0 Å². The lowest BCUT2D eigenvalue weighted by molar-refractivity contribution is -0.175. The van der Waals surface area contributed by atoms with Crippen LogP contribution in [0.1, 0.15) is 67.5 Å². The summed E-state index contributed by atoms with van der Waals surface area (Å²) in [4.78, 5) is 31.2. The zero-order valence-corrected chi connectivity index (χ0v) is 24.8. The number of ether oxygens (including phenoxy) is 1. The molecule has 0 radical (unpaired) electrons. The molecule has 0 N–H and O–H groups in total. The van der Waals surface area contributed by atoms with Crippen LogP contribution >= 0.6 is 0 Å². The van der Waals surface area contributed by atoms with E-state index in [0.29, 0.717) is 59.9 Å². The summed E-state index contributed by atoms with van der Waals surface area (Å²) in [5.74, 6) is -0.682. The molecule has 5 rings (SSSR count). The summed E-state index contributed by atoms with van der Waals surface area (Å²) in [5, 5.41) is 15.2. The van der Waals surface area contributed by atoms with E-state index in [-0.39, 0.29) is 36.6 Å². The molecule has 0 spiro atoms. The molecule has 0 atom stereocenters. The minimum atomic E-state index is -0.425. The predicted molar refractivity (Wildman–Crippen MR) is 160 cm³/mol. The Morgan fingerprint density at radius 3 is 2.63 bits per heavy atom. The number of hydrogen-bond donors (Lipinski definition) is 0. The second kappa shape index (κ2) is 13.3. The first kappa shape index (κ1) is 30.1. The number of likely N-dealkylation sites (N-methyl/N-ethyl adjacent to an activating group) is 1. The molecular formula is C33H36FN5O4. The van der Waals surface area contributed by atoms with Crippen molar-refractivity contribution in [1.29, 1.82) is 5.26 Å². The first-order valence-electron chi connectivity index (χ1n) is 14.7. The molecule has 9 nitrogen and oxygen atoms in total. The van der Waals surface area contributed by atoms with Gasteiger partial charge in [0.2, 0.25) is 0 Å². The number of aromatic nitrogens is 3. The second-order valence-corrected chi connectivity index (χ2v) is 10.9. The summed E-state index contributed by atoms with van der Waals surface area (Å²) in [6.07, 6.45) is 5.98. The van der Waals surface area contributed by atoms with Crippen LogP contribution in [0.4, 0.5) is 4.39 Å². The monoisotopic (exact) mass is 585 g/mol. The average molecular weight is 586 g/mol. The molecule has 43 heavy (non-hydrogen) atoms. The Hall–Kier alpha value is -4.33. The third-order valence-corrected chi connectivity index (χ3v) is 8.29. The van der Waals surface area contributed by atoms with E-state index < -0.39 is 5.82 Å². The number of amides is 1.